The summed E-state index contributed by atoms with van der Waals surface area (Å²) < 4.78 is 54.5. The highest BCUT2D eigenvalue weighted by molar-refractivity contribution is 5.29. The van der Waals surface area contributed by atoms with Crippen LogP contribution >= 0.6 is 0 Å². The third kappa shape index (κ3) is 10.1. The van der Waals surface area contributed by atoms with Crippen LogP contribution in [0.5, 0.6) is 0 Å². The van der Waals surface area contributed by atoms with Gasteiger partial charge < -0.3 is 119 Å². The van der Waals surface area contributed by atoms with Crippen molar-refractivity contribution in [1.82, 2.24) is 0 Å². The van der Waals surface area contributed by atoms with Crippen LogP contribution in [0.3, 0.4) is 0 Å². The lowest BCUT2D eigenvalue weighted by Crippen LogP contribution is -2.67. The Morgan fingerprint density at radius 2 is 1.19 bits per heavy atom. The lowest BCUT2D eigenvalue weighted by atomic mass is 9.45. The van der Waals surface area contributed by atoms with Crippen LogP contribution in [0.4, 0.5) is 0 Å². The number of aliphatic hydroxyl groups is 15. The van der Waals surface area contributed by atoms with E-state index in [0.717, 1.165) is 12.0 Å². The summed E-state index contributed by atoms with van der Waals surface area (Å²) in [5.41, 5.74) is -0.935. The van der Waals surface area contributed by atoms with Crippen LogP contribution in [0.15, 0.2) is 11.6 Å². The third-order valence-electron chi connectivity index (χ3n) is 19.7. The zero-order valence-corrected chi connectivity index (χ0v) is 43.2. The molecule has 24 nitrogen and oxygen atoms in total. The quantitative estimate of drug-likeness (QED) is 0.0697. The van der Waals surface area contributed by atoms with Gasteiger partial charge in [-0.3, -0.25) is 0 Å². The second-order valence-corrected chi connectivity index (χ2v) is 24.0. The normalized spacial score (nSPS) is 55.3. The molecule has 0 amide bonds. The van der Waals surface area contributed by atoms with Gasteiger partial charge in [-0.05, 0) is 75.0 Å². The smallest absolute Gasteiger partial charge is 0.187 e. The molecule has 7 unspecified atom stereocenters. The van der Waals surface area contributed by atoms with E-state index in [1.807, 2.05) is 13.8 Å². The Bertz CT molecular complexity index is 1970. The zero-order valence-electron chi connectivity index (χ0n) is 43.2. The Morgan fingerprint density at radius 1 is 0.627 bits per heavy atom. The molecule has 24 heteroatoms. The minimum absolute atomic E-state index is 0.0787. The third-order valence-corrected chi connectivity index (χ3v) is 19.7. The Balaban J connectivity index is 0.878. The molecule has 0 radical (unpaired) electrons. The molecule has 3 saturated carbocycles. The lowest BCUT2D eigenvalue weighted by Gasteiger charge is -2.61. The van der Waals surface area contributed by atoms with E-state index in [4.69, 9.17) is 42.6 Å². The second kappa shape index (κ2) is 22.3. The summed E-state index contributed by atoms with van der Waals surface area (Å²) in [7, 11) is 0. The maximum atomic E-state index is 13.1. The average Bonchev–Trinajstić information content (AvgIpc) is 3.77. The molecule has 5 saturated heterocycles. The molecular weight excluding hydrogens is 997 g/mol. The summed E-state index contributed by atoms with van der Waals surface area (Å²) in [4.78, 5) is 0. The van der Waals surface area contributed by atoms with Gasteiger partial charge >= 0.3 is 0 Å². The van der Waals surface area contributed by atoms with Crippen molar-refractivity contribution in [3.63, 3.8) is 0 Å². The highest BCUT2D eigenvalue weighted by Crippen LogP contribution is 2.71. The first-order chi connectivity index (χ1) is 35.4. The van der Waals surface area contributed by atoms with Crippen LogP contribution in [0.1, 0.15) is 92.4 Å². The summed E-state index contributed by atoms with van der Waals surface area (Å²) in [5.74, 6) is -2.14. The van der Waals surface area contributed by atoms with Crippen molar-refractivity contribution in [2.24, 2.45) is 40.4 Å². The number of fused-ring (bicyclic) bond motifs is 7. The standard InChI is InChI=1S/C51H84O24/c1-20(19-67-44-39(62)37(60)33(56)28(16-52)70-44)8-13-51(66)21(2)31-27(75-51)15-50(65)26-7-6-23-14-24(9-11-48(23,4)25(26)10-12-49(31,50)5)69-47-43(74-45-40(63)36(59)32(55)22(3)68-45)42(35(58)30(18-54)72-47)73-46-41(64)38(61)34(57)29(17-53)71-46/h6,20-22,24-47,52-66H,7-19H2,1-5H3/t20?,21-,22-,24-,25?,26?,27?,28+,29+,30+,31?,32-,33+,34+,35+,36+,37-,38-,39+,40+,41+,42-,43+,44+,45-,46-,47+,48-,49+,50?,51?/m0/s1. The molecule has 9 aliphatic rings. The van der Waals surface area contributed by atoms with E-state index in [9.17, 15) is 76.6 Å². The minimum atomic E-state index is -1.90. The number of hydrogen-bond acceptors (Lipinski definition) is 24. The SMILES string of the molecule is CC(CCC1(O)OC2CC3(O)C4CC=C5C[C@@H](O[C@@H]6O[C@H](CO)[C@@H](O)[C@H](O[C@@H]7O[C@H](CO)[C@@H](O)[C@H](O)[C@H]7O)[C@H]6O[C@@H]6O[C@@H](C)[C@H](O)[C@@H](O)[C@H]6O)CC[C@]5(C)C4CC[C@]3(C)C2[C@@H]1C)CO[C@@H]1O[C@H](CO)[C@@H](O)[C@H](O)[C@H]1O. The summed E-state index contributed by atoms with van der Waals surface area (Å²) in [6.45, 7) is 7.71. The van der Waals surface area contributed by atoms with Gasteiger partial charge in [0.25, 0.3) is 0 Å². The molecule has 0 bridgehead atoms. The number of hydrogen-bond donors (Lipinski definition) is 15. The van der Waals surface area contributed by atoms with Gasteiger partial charge in [-0.2, -0.15) is 0 Å². The molecule has 8 fully saturated rings. The summed E-state index contributed by atoms with van der Waals surface area (Å²) >= 11 is 0. The summed E-state index contributed by atoms with van der Waals surface area (Å²) in [5, 5.41) is 162. The lowest BCUT2D eigenvalue weighted by molar-refractivity contribution is -0.394. The highest BCUT2D eigenvalue weighted by atomic mass is 16.8. The Labute approximate surface area is 435 Å². The van der Waals surface area contributed by atoms with E-state index in [1.54, 1.807) is 0 Å². The second-order valence-electron chi connectivity index (χ2n) is 24.0. The monoisotopic (exact) mass is 1080 g/mol. The first kappa shape index (κ1) is 58.4. The van der Waals surface area contributed by atoms with E-state index in [0.29, 0.717) is 44.9 Å². The van der Waals surface area contributed by atoms with Crippen LogP contribution in [0.2, 0.25) is 0 Å². The number of allylic oxidation sites excluding steroid dienone is 1. The van der Waals surface area contributed by atoms with Crippen LogP contribution in [0, 0.1) is 40.4 Å². The topological polar surface area (TPSA) is 387 Å². The maximum absolute atomic E-state index is 13.1. The van der Waals surface area contributed by atoms with E-state index in [1.165, 1.54) is 6.92 Å². The van der Waals surface area contributed by atoms with E-state index < -0.39 is 172 Å². The molecule has 0 aromatic carbocycles. The fourth-order valence-electron chi connectivity index (χ4n) is 14.9. The largest absolute Gasteiger partial charge is 0.394 e. The number of aliphatic hydroxyl groups excluding tert-OH is 13. The predicted molar refractivity (Wildman–Crippen MR) is 252 cm³/mol. The van der Waals surface area contributed by atoms with Gasteiger partial charge in [-0.25, -0.2) is 0 Å². The molecule has 0 aromatic heterocycles. The van der Waals surface area contributed by atoms with Crippen molar-refractivity contribution in [3.05, 3.63) is 11.6 Å². The van der Waals surface area contributed by atoms with Crippen molar-refractivity contribution in [3.8, 4) is 0 Å². The van der Waals surface area contributed by atoms with Gasteiger partial charge in [-0.15, -0.1) is 0 Å². The molecule has 5 aliphatic heterocycles. The fraction of sp³-hybridized carbons (Fsp3) is 0.961. The molecule has 432 valence electrons. The molecule has 31 atom stereocenters. The molecular formula is C51H84O24. The Kier molecular flexibility index (Phi) is 17.3. The summed E-state index contributed by atoms with van der Waals surface area (Å²) in [6.07, 6.45) is -25.2. The van der Waals surface area contributed by atoms with Gasteiger partial charge in [0.05, 0.1) is 50.3 Å². The first-order valence-electron chi connectivity index (χ1n) is 27.0. The predicted octanol–water partition coefficient (Wildman–Crippen LogP) is -3.89. The van der Waals surface area contributed by atoms with Crippen molar-refractivity contribution in [1.29, 1.82) is 0 Å². The van der Waals surface area contributed by atoms with Crippen LogP contribution in [-0.2, 0) is 42.6 Å². The van der Waals surface area contributed by atoms with Gasteiger partial charge in [0, 0.05) is 30.1 Å². The van der Waals surface area contributed by atoms with E-state index in [-0.39, 0.29) is 48.0 Å². The minimum Gasteiger partial charge on any atom is -0.394 e. The molecule has 5 heterocycles. The van der Waals surface area contributed by atoms with Crippen LogP contribution in [0.25, 0.3) is 0 Å². The molecule has 9 rings (SSSR count). The zero-order chi connectivity index (χ0) is 54.4. The van der Waals surface area contributed by atoms with Gasteiger partial charge in [0.15, 0.2) is 30.9 Å². The van der Waals surface area contributed by atoms with Crippen molar-refractivity contribution in [2.75, 3.05) is 26.4 Å². The van der Waals surface area contributed by atoms with Gasteiger partial charge in [0.2, 0.25) is 0 Å². The number of rotatable bonds is 15. The molecule has 0 aromatic rings. The van der Waals surface area contributed by atoms with E-state index in [2.05, 4.69) is 19.9 Å². The van der Waals surface area contributed by atoms with Crippen LogP contribution < -0.4 is 0 Å². The molecule has 75 heavy (non-hydrogen) atoms. The highest BCUT2D eigenvalue weighted by Gasteiger charge is 2.74. The molecule has 0 spiro atoms. The average molecular weight is 1080 g/mol. The summed E-state index contributed by atoms with van der Waals surface area (Å²) in [6, 6.07) is 0. The molecule has 4 aliphatic carbocycles. The molecule has 15 N–H and O–H groups in total. The maximum Gasteiger partial charge on any atom is 0.187 e. The first-order valence-corrected chi connectivity index (χ1v) is 27.0. The van der Waals surface area contributed by atoms with Gasteiger partial charge in [0.1, 0.15) is 91.6 Å². The van der Waals surface area contributed by atoms with Crippen molar-refractivity contribution >= 4 is 0 Å². The Hall–Kier alpha value is -1.22. The fourth-order valence-corrected chi connectivity index (χ4v) is 14.9. The number of ether oxygens (including phenoxy) is 9. The van der Waals surface area contributed by atoms with E-state index >= 15 is 0 Å². The Morgan fingerprint density at radius 3 is 1.83 bits per heavy atom. The van der Waals surface area contributed by atoms with Gasteiger partial charge in [-0.1, -0.05) is 39.3 Å². The van der Waals surface area contributed by atoms with Crippen molar-refractivity contribution in [2.45, 2.75) is 239 Å². The van der Waals surface area contributed by atoms with Crippen LogP contribution in [-0.4, -0.2) is 249 Å². The van der Waals surface area contributed by atoms with Crippen molar-refractivity contribution < 1.29 is 119 Å².